The number of nitrogens with one attached hydrogen (secondary N) is 1. The second-order valence-electron chi connectivity index (χ2n) is 6.22. The molecule has 2 N–H and O–H groups in total. The first kappa shape index (κ1) is 15.7. The molecule has 0 heterocycles. The highest BCUT2D eigenvalue weighted by Gasteiger charge is 2.21. The molecule has 1 aromatic carbocycles. The van der Waals surface area contributed by atoms with Crippen molar-refractivity contribution in [2.24, 2.45) is 5.41 Å². The molecule has 1 aromatic rings. The normalized spacial score (nSPS) is 13.2. The summed E-state index contributed by atoms with van der Waals surface area (Å²) < 4.78 is 0. The van der Waals surface area contributed by atoms with Crippen LogP contribution in [0.3, 0.4) is 0 Å². The van der Waals surface area contributed by atoms with Crippen LogP contribution in [-0.2, 0) is 0 Å². The zero-order valence-corrected chi connectivity index (χ0v) is 12.6. The van der Waals surface area contributed by atoms with Crippen LogP contribution in [0, 0.1) is 19.3 Å². The second-order valence-corrected chi connectivity index (χ2v) is 6.22. The minimum absolute atomic E-state index is 0.0452. The van der Waals surface area contributed by atoms with Crippen molar-refractivity contribution >= 4 is 5.91 Å². The van der Waals surface area contributed by atoms with E-state index in [0.717, 1.165) is 16.7 Å². The van der Waals surface area contributed by atoms with Gasteiger partial charge in [0.1, 0.15) is 0 Å². The summed E-state index contributed by atoms with van der Waals surface area (Å²) in [5.41, 5.74) is 2.76. The lowest BCUT2D eigenvalue weighted by Crippen LogP contribution is -2.36. The Bertz CT molecular complexity index is 450. The Balaban J connectivity index is 2.65. The van der Waals surface area contributed by atoms with Gasteiger partial charge in [0.2, 0.25) is 0 Å². The SMILES string of the molecule is Cc1ccc(C(=O)NCC(C)(C)CC(C)O)c(C)c1. The highest BCUT2D eigenvalue weighted by Crippen LogP contribution is 2.21. The molecule has 1 atom stereocenters. The van der Waals surface area contributed by atoms with E-state index in [1.165, 1.54) is 0 Å². The van der Waals surface area contributed by atoms with Crippen LogP contribution in [0.1, 0.15) is 48.7 Å². The summed E-state index contributed by atoms with van der Waals surface area (Å²) in [6.07, 6.45) is 0.313. The minimum atomic E-state index is -0.354. The predicted molar refractivity (Wildman–Crippen MR) is 78.3 cm³/mol. The zero-order chi connectivity index (χ0) is 14.6. The highest BCUT2D eigenvalue weighted by atomic mass is 16.3. The molecule has 3 heteroatoms. The molecule has 106 valence electrons. The predicted octanol–water partition coefficient (Wildman–Crippen LogP) is 2.83. The molecule has 3 nitrogen and oxygen atoms in total. The first-order chi connectivity index (χ1) is 8.71. The summed E-state index contributed by atoms with van der Waals surface area (Å²) in [4.78, 5) is 12.1. The summed E-state index contributed by atoms with van der Waals surface area (Å²) in [6.45, 7) is 10.4. The van der Waals surface area contributed by atoms with Crippen LogP contribution in [0.2, 0.25) is 0 Å². The lowest BCUT2D eigenvalue weighted by Gasteiger charge is -2.26. The van der Waals surface area contributed by atoms with Gasteiger partial charge in [-0.25, -0.2) is 0 Å². The van der Waals surface area contributed by atoms with E-state index >= 15 is 0 Å². The van der Waals surface area contributed by atoms with Crippen LogP contribution < -0.4 is 5.32 Å². The van der Waals surface area contributed by atoms with E-state index < -0.39 is 0 Å². The summed E-state index contributed by atoms with van der Waals surface area (Å²) in [6, 6.07) is 5.82. The number of hydrogen-bond acceptors (Lipinski definition) is 2. The molecule has 0 aromatic heterocycles. The maximum Gasteiger partial charge on any atom is 0.251 e. The van der Waals surface area contributed by atoms with Crippen molar-refractivity contribution in [2.75, 3.05) is 6.54 Å². The number of benzene rings is 1. The number of hydrogen-bond donors (Lipinski definition) is 2. The van der Waals surface area contributed by atoms with Gasteiger partial charge < -0.3 is 10.4 Å². The van der Waals surface area contributed by atoms with Gasteiger partial charge in [0.05, 0.1) is 6.10 Å². The summed E-state index contributed by atoms with van der Waals surface area (Å²) >= 11 is 0. The first-order valence-electron chi connectivity index (χ1n) is 6.75. The third-order valence-electron chi connectivity index (χ3n) is 3.20. The van der Waals surface area contributed by atoms with E-state index in [0.29, 0.717) is 13.0 Å². The topological polar surface area (TPSA) is 49.3 Å². The van der Waals surface area contributed by atoms with Gasteiger partial charge in [0, 0.05) is 12.1 Å². The van der Waals surface area contributed by atoms with E-state index in [9.17, 15) is 9.90 Å². The van der Waals surface area contributed by atoms with Crippen LogP contribution >= 0.6 is 0 Å². The molecular formula is C16H25NO2. The molecule has 19 heavy (non-hydrogen) atoms. The maximum absolute atomic E-state index is 12.1. The average Bonchev–Trinajstić information content (AvgIpc) is 2.24. The summed E-state index contributed by atoms with van der Waals surface area (Å²) in [5, 5.41) is 12.4. The van der Waals surface area contributed by atoms with Crippen molar-refractivity contribution in [3.8, 4) is 0 Å². The van der Waals surface area contributed by atoms with E-state index in [4.69, 9.17) is 0 Å². The first-order valence-corrected chi connectivity index (χ1v) is 6.75. The van der Waals surface area contributed by atoms with Crippen LogP contribution in [0.25, 0.3) is 0 Å². The van der Waals surface area contributed by atoms with Crippen molar-refractivity contribution < 1.29 is 9.90 Å². The molecule has 0 bridgehead atoms. The molecule has 0 aliphatic heterocycles. The van der Waals surface area contributed by atoms with Gasteiger partial charge in [-0.05, 0) is 44.2 Å². The number of carbonyl (C=O) groups excluding carboxylic acids is 1. The standard InChI is InChI=1S/C16H25NO2/c1-11-6-7-14(12(2)8-11)15(19)17-10-16(4,5)9-13(3)18/h6-8,13,18H,9-10H2,1-5H3,(H,17,19). The molecule has 0 saturated heterocycles. The van der Waals surface area contributed by atoms with E-state index in [-0.39, 0.29) is 17.4 Å². The number of aryl methyl sites for hydroxylation is 2. The Labute approximate surface area is 116 Å². The Morgan fingerprint density at radius 2 is 2.00 bits per heavy atom. The van der Waals surface area contributed by atoms with Gasteiger partial charge >= 0.3 is 0 Å². The third kappa shape index (κ3) is 5.03. The quantitative estimate of drug-likeness (QED) is 0.858. The minimum Gasteiger partial charge on any atom is -0.393 e. The Morgan fingerprint density at radius 3 is 2.53 bits per heavy atom. The lowest BCUT2D eigenvalue weighted by atomic mass is 9.87. The molecule has 0 spiro atoms. The molecule has 0 radical (unpaired) electrons. The molecular weight excluding hydrogens is 238 g/mol. The van der Waals surface area contributed by atoms with Gasteiger partial charge in [-0.2, -0.15) is 0 Å². The van der Waals surface area contributed by atoms with Gasteiger partial charge in [0.25, 0.3) is 5.91 Å². The molecule has 1 amide bonds. The van der Waals surface area contributed by atoms with Gasteiger partial charge in [0.15, 0.2) is 0 Å². The number of carbonyl (C=O) groups is 1. The molecule has 1 rings (SSSR count). The fourth-order valence-corrected chi connectivity index (χ4v) is 2.36. The Hall–Kier alpha value is -1.35. The van der Waals surface area contributed by atoms with E-state index in [1.54, 1.807) is 6.92 Å². The highest BCUT2D eigenvalue weighted by molar-refractivity contribution is 5.95. The van der Waals surface area contributed by atoms with Crippen molar-refractivity contribution in [1.82, 2.24) is 5.32 Å². The average molecular weight is 263 g/mol. The van der Waals surface area contributed by atoms with Crippen molar-refractivity contribution in [2.45, 2.75) is 47.1 Å². The zero-order valence-electron chi connectivity index (χ0n) is 12.6. The van der Waals surface area contributed by atoms with E-state index in [1.807, 2.05) is 45.9 Å². The fraction of sp³-hybridized carbons (Fsp3) is 0.562. The van der Waals surface area contributed by atoms with Crippen LogP contribution in [0.4, 0.5) is 0 Å². The molecule has 0 aliphatic rings. The van der Waals surface area contributed by atoms with Gasteiger partial charge in [-0.1, -0.05) is 31.5 Å². The van der Waals surface area contributed by atoms with Crippen molar-refractivity contribution in [3.63, 3.8) is 0 Å². The van der Waals surface area contributed by atoms with Gasteiger partial charge in [-0.3, -0.25) is 4.79 Å². The van der Waals surface area contributed by atoms with Crippen LogP contribution in [0.15, 0.2) is 18.2 Å². The van der Waals surface area contributed by atoms with Crippen LogP contribution in [0.5, 0.6) is 0 Å². The summed E-state index contributed by atoms with van der Waals surface area (Å²) in [7, 11) is 0. The molecule has 0 fully saturated rings. The largest absolute Gasteiger partial charge is 0.393 e. The van der Waals surface area contributed by atoms with Crippen LogP contribution in [-0.4, -0.2) is 23.7 Å². The van der Waals surface area contributed by atoms with Crippen molar-refractivity contribution in [1.29, 1.82) is 0 Å². The monoisotopic (exact) mass is 263 g/mol. The smallest absolute Gasteiger partial charge is 0.251 e. The second kappa shape index (κ2) is 6.20. The van der Waals surface area contributed by atoms with Crippen molar-refractivity contribution in [3.05, 3.63) is 34.9 Å². The lowest BCUT2D eigenvalue weighted by molar-refractivity contribution is 0.0901. The molecule has 0 aliphatic carbocycles. The number of amides is 1. The van der Waals surface area contributed by atoms with E-state index in [2.05, 4.69) is 5.32 Å². The number of rotatable bonds is 5. The molecule has 1 unspecified atom stereocenters. The Kier molecular flexibility index (Phi) is 5.12. The maximum atomic E-state index is 12.1. The Morgan fingerprint density at radius 1 is 1.37 bits per heavy atom. The number of aliphatic hydroxyl groups is 1. The van der Waals surface area contributed by atoms with Gasteiger partial charge in [-0.15, -0.1) is 0 Å². The molecule has 0 saturated carbocycles. The fourth-order valence-electron chi connectivity index (χ4n) is 2.36. The number of aliphatic hydroxyl groups excluding tert-OH is 1. The third-order valence-corrected chi connectivity index (χ3v) is 3.20. The summed E-state index contributed by atoms with van der Waals surface area (Å²) in [5.74, 6) is -0.0452.